The second-order valence-electron chi connectivity index (χ2n) is 5.79. The molecule has 2 heterocycles. The lowest BCUT2D eigenvalue weighted by molar-refractivity contribution is -0.142. The molecule has 2 unspecified atom stereocenters. The number of carboxylic acids is 1. The fourth-order valence-corrected chi connectivity index (χ4v) is 3.14. The van der Waals surface area contributed by atoms with Crippen LogP contribution in [0.15, 0.2) is 0 Å². The van der Waals surface area contributed by atoms with Crippen molar-refractivity contribution in [2.75, 3.05) is 20.1 Å². The molecule has 2 aliphatic rings. The number of carbonyl (C=O) groups excluding carboxylic acids is 2. The Hall–Kier alpha value is -1.59. The predicted octanol–water partition coefficient (Wildman–Crippen LogP) is 0.711. The molecule has 0 radical (unpaired) electrons. The standard InChI is InChI=1S/C14H22N2O4/c1-15-9-10(8-12(15)17)14(20)16-7-3-2-4-11(16)5-6-13(18)19/h10-11H,2-9H2,1H3,(H,18,19). The highest BCUT2D eigenvalue weighted by molar-refractivity contribution is 5.89. The third kappa shape index (κ3) is 3.29. The molecule has 0 bridgehead atoms. The summed E-state index contributed by atoms with van der Waals surface area (Å²) in [5, 5.41) is 8.80. The van der Waals surface area contributed by atoms with Crippen molar-refractivity contribution in [1.29, 1.82) is 0 Å². The van der Waals surface area contributed by atoms with Crippen molar-refractivity contribution in [3.05, 3.63) is 0 Å². The molecule has 0 aromatic rings. The van der Waals surface area contributed by atoms with Gasteiger partial charge in [0.05, 0.1) is 5.92 Å². The smallest absolute Gasteiger partial charge is 0.303 e. The molecule has 1 N–H and O–H groups in total. The molecule has 0 aromatic heterocycles. The summed E-state index contributed by atoms with van der Waals surface area (Å²) in [5.74, 6) is -1.03. The molecule has 2 atom stereocenters. The second kappa shape index (κ2) is 6.24. The van der Waals surface area contributed by atoms with Gasteiger partial charge in [-0.05, 0) is 25.7 Å². The number of amides is 2. The van der Waals surface area contributed by atoms with E-state index in [1.54, 1.807) is 11.9 Å². The number of rotatable bonds is 4. The van der Waals surface area contributed by atoms with Gasteiger partial charge in [0.25, 0.3) is 0 Å². The van der Waals surface area contributed by atoms with Crippen molar-refractivity contribution in [2.45, 2.75) is 44.6 Å². The number of carbonyl (C=O) groups is 3. The minimum Gasteiger partial charge on any atom is -0.481 e. The number of likely N-dealkylation sites (tertiary alicyclic amines) is 2. The van der Waals surface area contributed by atoms with Crippen LogP contribution in [0.4, 0.5) is 0 Å². The van der Waals surface area contributed by atoms with Crippen LogP contribution in [0.1, 0.15) is 38.5 Å². The SMILES string of the molecule is CN1CC(C(=O)N2CCCCC2CCC(=O)O)CC1=O. The first kappa shape index (κ1) is 14.8. The summed E-state index contributed by atoms with van der Waals surface area (Å²) >= 11 is 0. The summed E-state index contributed by atoms with van der Waals surface area (Å²) < 4.78 is 0. The highest BCUT2D eigenvalue weighted by Crippen LogP contribution is 2.26. The number of hydrogen-bond acceptors (Lipinski definition) is 3. The summed E-state index contributed by atoms with van der Waals surface area (Å²) in [7, 11) is 1.72. The van der Waals surface area contributed by atoms with Gasteiger partial charge in [-0.1, -0.05) is 0 Å². The molecule has 20 heavy (non-hydrogen) atoms. The molecule has 0 spiro atoms. The van der Waals surface area contributed by atoms with E-state index in [4.69, 9.17) is 5.11 Å². The maximum atomic E-state index is 12.5. The van der Waals surface area contributed by atoms with E-state index >= 15 is 0 Å². The third-order valence-corrected chi connectivity index (χ3v) is 4.29. The Kier molecular flexibility index (Phi) is 4.62. The van der Waals surface area contributed by atoms with E-state index in [1.165, 1.54) is 0 Å². The zero-order valence-electron chi connectivity index (χ0n) is 11.9. The van der Waals surface area contributed by atoms with Crippen molar-refractivity contribution in [2.24, 2.45) is 5.92 Å². The zero-order valence-corrected chi connectivity index (χ0v) is 11.9. The van der Waals surface area contributed by atoms with E-state index < -0.39 is 5.97 Å². The quantitative estimate of drug-likeness (QED) is 0.823. The minimum atomic E-state index is -0.821. The highest BCUT2D eigenvalue weighted by atomic mass is 16.4. The summed E-state index contributed by atoms with van der Waals surface area (Å²) in [6, 6.07) is 0.0216. The van der Waals surface area contributed by atoms with Gasteiger partial charge in [0.2, 0.25) is 11.8 Å². The first-order chi connectivity index (χ1) is 9.49. The minimum absolute atomic E-state index is 0.0162. The second-order valence-corrected chi connectivity index (χ2v) is 5.79. The van der Waals surface area contributed by atoms with Crippen molar-refractivity contribution in [3.63, 3.8) is 0 Å². The van der Waals surface area contributed by atoms with E-state index in [-0.39, 0.29) is 36.6 Å². The van der Waals surface area contributed by atoms with Gasteiger partial charge in [-0.15, -0.1) is 0 Å². The predicted molar refractivity (Wildman–Crippen MR) is 72.0 cm³/mol. The average Bonchev–Trinajstić information content (AvgIpc) is 2.76. The van der Waals surface area contributed by atoms with Crippen molar-refractivity contribution < 1.29 is 19.5 Å². The molecule has 6 nitrogen and oxygen atoms in total. The van der Waals surface area contributed by atoms with Crippen LogP contribution in [0.3, 0.4) is 0 Å². The van der Waals surface area contributed by atoms with E-state index in [2.05, 4.69) is 0 Å². The van der Waals surface area contributed by atoms with Crippen LogP contribution >= 0.6 is 0 Å². The Labute approximate surface area is 118 Å². The molecule has 2 fully saturated rings. The maximum Gasteiger partial charge on any atom is 0.303 e. The van der Waals surface area contributed by atoms with Gasteiger partial charge in [0, 0.05) is 39.0 Å². The fourth-order valence-electron chi connectivity index (χ4n) is 3.14. The van der Waals surface area contributed by atoms with Gasteiger partial charge in [0.1, 0.15) is 0 Å². The van der Waals surface area contributed by atoms with Gasteiger partial charge in [0.15, 0.2) is 0 Å². The number of hydrogen-bond donors (Lipinski definition) is 1. The maximum absolute atomic E-state index is 12.5. The molecule has 6 heteroatoms. The van der Waals surface area contributed by atoms with Crippen LogP contribution in [0.25, 0.3) is 0 Å². The van der Waals surface area contributed by atoms with E-state index in [0.717, 1.165) is 19.3 Å². The van der Waals surface area contributed by atoms with Crippen LogP contribution in [-0.4, -0.2) is 58.9 Å². The van der Waals surface area contributed by atoms with E-state index in [0.29, 0.717) is 19.5 Å². The Bertz CT molecular complexity index is 410. The molecule has 2 rings (SSSR count). The van der Waals surface area contributed by atoms with Crippen LogP contribution in [-0.2, 0) is 14.4 Å². The average molecular weight is 282 g/mol. The topological polar surface area (TPSA) is 77.9 Å². The van der Waals surface area contributed by atoms with Gasteiger partial charge in [-0.2, -0.15) is 0 Å². The van der Waals surface area contributed by atoms with Crippen LogP contribution in [0.5, 0.6) is 0 Å². The molecule has 0 aliphatic carbocycles. The monoisotopic (exact) mass is 282 g/mol. The molecular formula is C14H22N2O4. The van der Waals surface area contributed by atoms with Crippen molar-refractivity contribution >= 4 is 17.8 Å². The lowest BCUT2D eigenvalue weighted by atomic mass is 9.95. The highest BCUT2D eigenvalue weighted by Gasteiger charge is 2.37. The van der Waals surface area contributed by atoms with Gasteiger partial charge in [-0.3, -0.25) is 14.4 Å². The van der Waals surface area contributed by atoms with Crippen LogP contribution in [0.2, 0.25) is 0 Å². The number of piperidine rings is 1. The van der Waals surface area contributed by atoms with Crippen LogP contribution in [0, 0.1) is 5.92 Å². The molecule has 2 amide bonds. The van der Waals surface area contributed by atoms with E-state index in [1.807, 2.05) is 4.90 Å². The Morgan fingerprint density at radius 2 is 2.10 bits per heavy atom. The number of aliphatic carboxylic acids is 1. The fraction of sp³-hybridized carbons (Fsp3) is 0.786. The largest absolute Gasteiger partial charge is 0.481 e. The van der Waals surface area contributed by atoms with Crippen molar-refractivity contribution in [3.8, 4) is 0 Å². The molecule has 0 aromatic carbocycles. The summed E-state index contributed by atoms with van der Waals surface area (Å²) in [6.45, 7) is 1.18. The Morgan fingerprint density at radius 1 is 1.35 bits per heavy atom. The van der Waals surface area contributed by atoms with E-state index in [9.17, 15) is 14.4 Å². The Balaban J connectivity index is 1.98. The molecular weight excluding hydrogens is 260 g/mol. The lowest BCUT2D eigenvalue weighted by Crippen LogP contribution is -2.47. The van der Waals surface area contributed by atoms with Gasteiger partial charge >= 0.3 is 5.97 Å². The summed E-state index contributed by atoms with van der Waals surface area (Å²) in [4.78, 5) is 38.2. The first-order valence-corrected chi connectivity index (χ1v) is 7.25. The molecule has 2 saturated heterocycles. The summed E-state index contributed by atoms with van der Waals surface area (Å²) in [6.07, 6.45) is 3.77. The number of nitrogens with zero attached hydrogens (tertiary/aromatic N) is 2. The number of carboxylic acid groups (broad SMARTS) is 1. The molecule has 2 aliphatic heterocycles. The lowest BCUT2D eigenvalue weighted by Gasteiger charge is -2.37. The van der Waals surface area contributed by atoms with Crippen molar-refractivity contribution in [1.82, 2.24) is 9.80 Å². The van der Waals surface area contributed by atoms with Gasteiger partial charge in [-0.25, -0.2) is 0 Å². The third-order valence-electron chi connectivity index (χ3n) is 4.29. The summed E-state index contributed by atoms with van der Waals surface area (Å²) in [5.41, 5.74) is 0. The first-order valence-electron chi connectivity index (χ1n) is 7.25. The Morgan fingerprint density at radius 3 is 2.70 bits per heavy atom. The normalized spacial score (nSPS) is 26.9. The molecule has 0 saturated carbocycles. The molecule has 112 valence electrons. The van der Waals surface area contributed by atoms with Gasteiger partial charge < -0.3 is 14.9 Å². The van der Waals surface area contributed by atoms with Crippen LogP contribution < -0.4 is 0 Å². The zero-order chi connectivity index (χ0) is 14.7.